The number of carbonyl (C=O) groups is 2. The van der Waals surface area contributed by atoms with E-state index in [0.717, 1.165) is 32.3 Å². The third-order valence-electron chi connectivity index (χ3n) is 4.45. The lowest BCUT2D eigenvalue weighted by molar-refractivity contribution is -0.119. The third kappa shape index (κ3) is 11.0. The first-order valence-corrected chi connectivity index (χ1v) is 12.7. The number of rotatable bonds is 4. The van der Waals surface area contributed by atoms with E-state index >= 15 is 0 Å². The number of nitriles is 1. The molecule has 1 N–H and O–H groups in total. The van der Waals surface area contributed by atoms with Gasteiger partial charge in [0.2, 0.25) is 6.41 Å². The molecule has 1 aliphatic heterocycles. The van der Waals surface area contributed by atoms with Gasteiger partial charge in [-0.2, -0.15) is 5.26 Å². The van der Waals surface area contributed by atoms with Crippen molar-refractivity contribution in [3.63, 3.8) is 0 Å². The Bertz CT molecular complexity index is 887. The van der Waals surface area contributed by atoms with Crippen LogP contribution in [0.25, 0.3) is 11.2 Å². The predicted octanol–water partition coefficient (Wildman–Crippen LogP) is 5.47. The van der Waals surface area contributed by atoms with Crippen LogP contribution in [0.15, 0.2) is 12.4 Å². The van der Waals surface area contributed by atoms with Crippen molar-refractivity contribution in [2.45, 2.75) is 73.6 Å². The second kappa shape index (κ2) is 18.7. The highest BCUT2D eigenvalue weighted by atomic mass is 32.2. The maximum atomic E-state index is 12.7. The number of piperidine rings is 1. The molecule has 34 heavy (non-hydrogen) atoms. The van der Waals surface area contributed by atoms with Crippen LogP contribution >= 0.6 is 12.3 Å². The molecule has 0 unspecified atom stereocenters. The standard InChI is InChI=1S/C10H11FN4OS.C7H10N2O.C3H6.2C2H6/c1-3-12-10(16)7-5-15(17-11)9-8(7)14-6(2)4-13-9;8-5-7-1-3-9(6-10)4-2-7;1-2-3-1;2*1-2/h4-5H,3H2,1-2H3,(H,12,16);6-7H,1-4H2;1-3H2;2*1-2H3. The zero-order valence-corrected chi connectivity index (χ0v) is 22.1. The molecule has 0 bridgehead atoms. The van der Waals surface area contributed by atoms with Crippen molar-refractivity contribution in [3.05, 3.63) is 23.7 Å². The lowest BCUT2D eigenvalue weighted by Gasteiger charge is -2.24. The van der Waals surface area contributed by atoms with E-state index in [1.807, 2.05) is 34.6 Å². The Morgan fingerprint density at radius 2 is 1.85 bits per heavy atom. The summed E-state index contributed by atoms with van der Waals surface area (Å²) in [7, 11) is 0. The second-order valence-electron chi connectivity index (χ2n) is 7.09. The molecular formula is C24H39FN6O2S. The number of amides is 2. The number of likely N-dealkylation sites (tertiary alicyclic amines) is 1. The average molecular weight is 495 g/mol. The van der Waals surface area contributed by atoms with Gasteiger partial charge in [0.25, 0.3) is 5.91 Å². The van der Waals surface area contributed by atoms with E-state index in [9.17, 15) is 13.5 Å². The molecule has 2 aromatic heterocycles. The van der Waals surface area contributed by atoms with Gasteiger partial charge in [0.15, 0.2) is 18.0 Å². The van der Waals surface area contributed by atoms with E-state index in [-0.39, 0.29) is 24.2 Å². The van der Waals surface area contributed by atoms with Crippen LogP contribution < -0.4 is 5.32 Å². The zero-order chi connectivity index (χ0) is 25.9. The number of hydrogen-bond acceptors (Lipinski definition) is 6. The van der Waals surface area contributed by atoms with Crippen molar-refractivity contribution >= 4 is 35.8 Å². The van der Waals surface area contributed by atoms with Crippen molar-refractivity contribution in [1.29, 1.82) is 5.26 Å². The molecule has 3 heterocycles. The van der Waals surface area contributed by atoms with E-state index in [0.29, 0.717) is 29.0 Å². The minimum Gasteiger partial charge on any atom is -0.352 e. The van der Waals surface area contributed by atoms with Crippen LogP contribution in [0, 0.1) is 24.2 Å². The molecule has 8 nitrogen and oxygen atoms in total. The van der Waals surface area contributed by atoms with Crippen molar-refractivity contribution in [3.8, 4) is 6.07 Å². The Kier molecular flexibility index (Phi) is 17.3. The lowest BCUT2D eigenvalue weighted by atomic mass is 9.99. The van der Waals surface area contributed by atoms with E-state index < -0.39 is 0 Å². The number of aryl methyl sites for hydroxylation is 1. The Morgan fingerprint density at radius 3 is 2.29 bits per heavy atom. The summed E-state index contributed by atoms with van der Waals surface area (Å²) in [5.74, 6) is -0.0959. The molecule has 0 spiro atoms. The third-order valence-corrected chi connectivity index (χ3v) is 4.88. The number of nitrogens with zero attached hydrogens (tertiary/aromatic N) is 5. The van der Waals surface area contributed by atoms with Crippen LogP contribution in [-0.4, -0.2) is 50.8 Å². The Morgan fingerprint density at radius 1 is 1.26 bits per heavy atom. The highest BCUT2D eigenvalue weighted by molar-refractivity contribution is 7.92. The number of carbonyl (C=O) groups excluding carboxylic acids is 2. The average Bonchev–Trinajstić information content (AvgIpc) is 3.74. The van der Waals surface area contributed by atoms with Gasteiger partial charge in [0.1, 0.15) is 5.52 Å². The molecule has 2 fully saturated rings. The van der Waals surface area contributed by atoms with Crippen molar-refractivity contribution in [2.75, 3.05) is 19.6 Å². The first-order valence-electron chi connectivity index (χ1n) is 12.0. The SMILES string of the molecule is C1CC1.CC.CC.CCNC(=O)c1cn(SF)c2ncc(C)nc12.N#CC1CCN(C=O)CC1. The summed E-state index contributed by atoms with van der Waals surface area (Å²) in [6.45, 7) is 13.6. The fourth-order valence-corrected chi connectivity index (χ4v) is 3.01. The Hall–Kier alpha value is -2.67. The molecule has 0 radical (unpaired) electrons. The van der Waals surface area contributed by atoms with Gasteiger partial charge in [-0.05, 0) is 26.7 Å². The van der Waals surface area contributed by atoms with E-state index in [2.05, 4.69) is 21.4 Å². The minimum absolute atomic E-state index is 0.00536. The van der Waals surface area contributed by atoms with Crippen molar-refractivity contribution < 1.29 is 13.5 Å². The molecular weight excluding hydrogens is 455 g/mol. The summed E-state index contributed by atoms with van der Waals surface area (Å²) >= 11 is -0.00536. The van der Waals surface area contributed by atoms with E-state index in [1.165, 1.54) is 35.6 Å². The molecule has 1 aliphatic carbocycles. The molecule has 2 aliphatic rings. The highest BCUT2D eigenvalue weighted by Crippen LogP contribution is 2.23. The number of hydrogen-bond donors (Lipinski definition) is 1. The van der Waals surface area contributed by atoms with Crippen LogP contribution in [0.3, 0.4) is 0 Å². The second-order valence-corrected chi connectivity index (χ2v) is 7.62. The normalized spacial score (nSPS) is 13.8. The number of nitrogens with one attached hydrogen (secondary N) is 1. The van der Waals surface area contributed by atoms with Gasteiger partial charge in [0.05, 0.1) is 23.5 Å². The molecule has 1 saturated heterocycles. The number of fused-ring (bicyclic) bond motifs is 1. The summed E-state index contributed by atoms with van der Waals surface area (Å²) in [4.78, 5) is 32.0. The summed E-state index contributed by atoms with van der Waals surface area (Å²) in [5, 5.41) is 11.2. The van der Waals surface area contributed by atoms with Crippen LogP contribution in [0.5, 0.6) is 0 Å². The largest absolute Gasteiger partial charge is 0.352 e. The molecule has 4 rings (SSSR count). The smallest absolute Gasteiger partial charge is 0.255 e. The van der Waals surface area contributed by atoms with Gasteiger partial charge in [-0.25, -0.2) is 13.9 Å². The van der Waals surface area contributed by atoms with Gasteiger partial charge >= 0.3 is 0 Å². The maximum absolute atomic E-state index is 12.7. The quantitative estimate of drug-likeness (QED) is 0.565. The topological polar surface area (TPSA) is 104 Å². The van der Waals surface area contributed by atoms with E-state index in [1.54, 1.807) is 11.8 Å². The monoisotopic (exact) mass is 494 g/mol. The van der Waals surface area contributed by atoms with Crippen LogP contribution in [0.2, 0.25) is 0 Å². The minimum atomic E-state index is -0.273. The van der Waals surface area contributed by atoms with Gasteiger partial charge in [-0.15, -0.1) is 3.89 Å². The molecule has 10 heteroatoms. The van der Waals surface area contributed by atoms with Crippen molar-refractivity contribution in [1.82, 2.24) is 24.2 Å². The fraction of sp³-hybridized carbons (Fsp3) is 0.625. The van der Waals surface area contributed by atoms with Gasteiger partial charge in [-0.1, -0.05) is 47.0 Å². The Balaban J connectivity index is 0.000000539. The Labute approximate surface area is 207 Å². The number of halogens is 1. The summed E-state index contributed by atoms with van der Waals surface area (Å²) in [5.41, 5.74) is 1.79. The molecule has 0 atom stereocenters. The summed E-state index contributed by atoms with van der Waals surface area (Å²) < 4.78 is 13.9. The summed E-state index contributed by atoms with van der Waals surface area (Å²) in [6, 6.07) is 2.21. The van der Waals surface area contributed by atoms with Gasteiger partial charge in [0, 0.05) is 31.7 Å². The summed E-state index contributed by atoms with van der Waals surface area (Å²) in [6.07, 6.45) is 9.98. The first-order chi connectivity index (χ1) is 16.5. The predicted molar refractivity (Wildman–Crippen MR) is 137 cm³/mol. The molecule has 0 aromatic carbocycles. The van der Waals surface area contributed by atoms with Crippen molar-refractivity contribution in [2.24, 2.45) is 5.92 Å². The van der Waals surface area contributed by atoms with Crippen LogP contribution in [-0.2, 0) is 4.79 Å². The molecule has 190 valence electrons. The lowest BCUT2D eigenvalue weighted by Crippen LogP contribution is -2.31. The van der Waals surface area contributed by atoms with Crippen LogP contribution in [0.1, 0.15) is 82.8 Å². The van der Waals surface area contributed by atoms with E-state index in [4.69, 9.17) is 5.26 Å². The first kappa shape index (κ1) is 31.3. The molecule has 2 aromatic rings. The molecule has 2 amide bonds. The van der Waals surface area contributed by atoms with Crippen LogP contribution in [0.4, 0.5) is 3.89 Å². The highest BCUT2D eigenvalue weighted by Gasteiger charge is 2.18. The molecule has 1 saturated carbocycles. The maximum Gasteiger partial charge on any atom is 0.255 e. The zero-order valence-electron chi connectivity index (χ0n) is 21.3. The number of aromatic nitrogens is 3. The van der Waals surface area contributed by atoms with Gasteiger partial charge < -0.3 is 10.2 Å². The fourth-order valence-electron chi connectivity index (χ4n) is 2.66. The van der Waals surface area contributed by atoms with Gasteiger partial charge in [-0.3, -0.25) is 9.59 Å².